The normalized spacial score (nSPS) is 12.0. The fraction of sp³-hybridized carbons (Fsp3) is 0.190. The number of aliphatic hydroxyl groups is 1. The van der Waals surface area contributed by atoms with Crippen LogP contribution in [0.5, 0.6) is 0 Å². The maximum atomic E-state index is 12.3. The topological polar surface area (TPSA) is 112 Å². The quantitative estimate of drug-likeness (QED) is 0.358. The average Bonchev–Trinajstić information content (AvgIpc) is 2.69. The SMILES string of the molecule is CC(C)(O)[C@H](NC(=O)c1ccc(C#CC=Cc2ccncc2)cc1)C(=O)NO. The Morgan fingerprint density at radius 3 is 2.36 bits per heavy atom. The van der Waals surface area contributed by atoms with E-state index >= 15 is 0 Å². The van der Waals surface area contributed by atoms with Crippen LogP contribution < -0.4 is 10.8 Å². The molecule has 2 aromatic rings. The van der Waals surface area contributed by atoms with Gasteiger partial charge >= 0.3 is 0 Å². The lowest BCUT2D eigenvalue weighted by Gasteiger charge is -2.28. The molecule has 0 aliphatic rings. The van der Waals surface area contributed by atoms with Gasteiger partial charge in [-0.25, -0.2) is 5.48 Å². The number of benzene rings is 1. The molecule has 0 spiro atoms. The highest BCUT2D eigenvalue weighted by molar-refractivity contribution is 5.97. The van der Waals surface area contributed by atoms with Crippen molar-refractivity contribution in [1.29, 1.82) is 0 Å². The number of hydrogen-bond acceptors (Lipinski definition) is 5. The summed E-state index contributed by atoms with van der Waals surface area (Å²) < 4.78 is 0. The van der Waals surface area contributed by atoms with E-state index in [0.717, 1.165) is 5.56 Å². The fourth-order valence-corrected chi connectivity index (χ4v) is 2.28. The number of aromatic nitrogens is 1. The van der Waals surface area contributed by atoms with Crippen LogP contribution in [0.25, 0.3) is 6.08 Å². The van der Waals surface area contributed by atoms with E-state index in [2.05, 4.69) is 22.1 Å². The molecular formula is C21H21N3O4. The van der Waals surface area contributed by atoms with E-state index in [-0.39, 0.29) is 5.56 Å². The van der Waals surface area contributed by atoms with Gasteiger partial charge in [-0.2, -0.15) is 0 Å². The van der Waals surface area contributed by atoms with Crippen molar-refractivity contribution in [3.05, 3.63) is 71.6 Å². The van der Waals surface area contributed by atoms with E-state index in [9.17, 15) is 14.7 Å². The first-order valence-corrected chi connectivity index (χ1v) is 8.46. The first-order valence-electron chi connectivity index (χ1n) is 8.46. The first kappa shape index (κ1) is 20.8. The predicted molar refractivity (Wildman–Crippen MR) is 104 cm³/mol. The fourth-order valence-electron chi connectivity index (χ4n) is 2.28. The molecule has 0 saturated heterocycles. The van der Waals surface area contributed by atoms with Crippen LogP contribution >= 0.6 is 0 Å². The van der Waals surface area contributed by atoms with Crippen molar-refractivity contribution < 1.29 is 19.9 Å². The average molecular weight is 379 g/mol. The van der Waals surface area contributed by atoms with Crippen LogP contribution in [0.4, 0.5) is 0 Å². The summed E-state index contributed by atoms with van der Waals surface area (Å²) in [6.45, 7) is 2.71. The maximum absolute atomic E-state index is 12.3. The van der Waals surface area contributed by atoms with Gasteiger partial charge in [-0.1, -0.05) is 11.8 Å². The molecule has 1 aromatic carbocycles. The molecule has 0 aliphatic heterocycles. The highest BCUT2D eigenvalue weighted by atomic mass is 16.5. The smallest absolute Gasteiger partial charge is 0.268 e. The van der Waals surface area contributed by atoms with E-state index in [4.69, 9.17) is 5.21 Å². The summed E-state index contributed by atoms with van der Waals surface area (Å²) in [5, 5.41) is 21.2. The van der Waals surface area contributed by atoms with Gasteiger partial charge < -0.3 is 10.4 Å². The van der Waals surface area contributed by atoms with Crippen LogP contribution in [0.2, 0.25) is 0 Å². The minimum atomic E-state index is -1.56. The molecular weight excluding hydrogens is 358 g/mol. The molecule has 2 amide bonds. The summed E-state index contributed by atoms with van der Waals surface area (Å²) in [6, 6.07) is 8.88. The van der Waals surface area contributed by atoms with E-state index in [1.54, 1.807) is 42.7 Å². The lowest BCUT2D eigenvalue weighted by Crippen LogP contribution is -2.57. The molecule has 1 atom stereocenters. The summed E-state index contributed by atoms with van der Waals surface area (Å²) in [4.78, 5) is 27.9. The largest absolute Gasteiger partial charge is 0.388 e. The van der Waals surface area contributed by atoms with Crippen LogP contribution in [0.3, 0.4) is 0 Å². The van der Waals surface area contributed by atoms with Crippen molar-refractivity contribution in [2.45, 2.75) is 25.5 Å². The lowest BCUT2D eigenvalue weighted by atomic mass is 9.97. The summed E-state index contributed by atoms with van der Waals surface area (Å²) in [5.74, 6) is 4.39. The molecule has 7 nitrogen and oxygen atoms in total. The number of allylic oxidation sites excluding steroid dienone is 1. The highest BCUT2D eigenvalue weighted by Crippen LogP contribution is 2.11. The van der Waals surface area contributed by atoms with E-state index in [0.29, 0.717) is 5.56 Å². The van der Waals surface area contributed by atoms with Crippen molar-refractivity contribution in [1.82, 2.24) is 15.8 Å². The molecule has 0 bridgehead atoms. The van der Waals surface area contributed by atoms with Gasteiger partial charge in [-0.05, 0) is 68.0 Å². The zero-order valence-corrected chi connectivity index (χ0v) is 15.5. The summed E-state index contributed by atoms with van der Waals surface area (Å²) in [7, 11) is 0. The van der Waals surface area contributed by atoms with Crippen LogP contribution in [-0.2, 0) is 4.79 Å². The van der Waals surface area contributed by atoms with Gasteiger partial charge in [0.15, 0.2) is 0 Å². The minimum absolute atomic E-state index is 0.290. The number of nitrogens with one attached hydrogen (secondary N) is 2. The van der Waals surface area contributed by atoms with Crippen LogP contribution in [0, 0.1) is 11.8 Å². The molecule has 28 heavy (non-hydrogen) atoms. The molecule has 7 heteroatoms. The number of hydrogen-bond donors (Lipinski definition) is 4. The number of pyridine rings is 1. The van der Waals surface area contributed by atoms with Crippen molar-refractivity contribution in [3.8, 4) is 11.8 Å². The Hall–Kier alpha value is -3.47. The van der Waals surface area contributed by atoms with Gasteiger partial charge in [0.25, 0.3) is 11.8 Å². The lowest BCUT2D eigenvalue weighted by molar-refractivity contribution is -0.136. The standard InChI is InChI=1S/C21H21N3O4/c1-21(2,27)18(20(26)24-28)23-19(25)17-9-7-15(8-10-17)5-3-4-6-16-11-13-22-14-12-16/h4,6-14,18,27-28H,1-2H3,(H,23,25)(H,24,26)/t18-/m1/s1. The molecule has 0 saturated carbocycles. The predicted octanol–water partition coefficient (Wildman–Crippen LogP) is 1.52. The second-order valence-corrected chi connectivity index (χ2v) is 6.50. The molecule has 0 radical (unpaired) electrons. The molecule has 1 aromatic heterocycles. The monoisotopic (exact) mass is 379 g/mol. The van der Waals surface area contributed by atoms with E-state index < -0.39 is 23.5 Å². The Kier molecular flexibility index (Phi) is 7.04. The Morgan fingerprint density at radius 1 is 1.14 bits per heavy atom. The highest BCUT2D eigenvalue weighted by Gasteiger charge is 2.34. The third-order valence-electron chi connectivity index (χ3n) is 3.78. The zero-order valence-electron chi connectivity index (χ0n) is 15.5. The minimum Gasteiger partial charge on any atom is -0.388 e. The Bertz CT molecular complexity index is 905. The van der Waals surface area contributed by atoms with Crippen molar-refractivity contribution >= 4 is 17.9 Å². The van der Waals surface area contributed by atoms with Crippen LogP contribution in [0.1, 0.15) is 35.3 Å². The second-order valence-electron chi connectivity index (χ2n) is 6.50. The Morgan fingerprint density at radius 2 is 1.79 bits per heavy atom. The number of carbonyl (C=O) groups is 2. The molecule has 0 fully saturated rings. The summed E-state index contributed by atoms with van der Waals surface area (Å²) in [5.41, 5.74) is 1.87. The van der Waals surface area contributed by atoms with Gasteiger partial charge in [0.05, 0.1) is 5.60 Å². The molecule has 144 valence electrons. The van der Waals surface area contributed by atoms with E-state index in [1.807, 2.05) is 18.2 Å². The molecule has 0 aliphatic carbocycles. The molecule has 1 heterocycles. The van der Waals surface area contributed by atoms with Gasteiger partial charge in [0.2, 0.25) is 0 Å². The number of nitrogens with zero attached hydrogens (tertiary/aromatic N) is 1. The first-order chi connectivity index (χ1) is 13.3. The summed E-state index contributed by atoms with van der Waals surface area (Å²) in [6.07, 6.45) is 6.98. The molecule has 4 N–H and O–H groups in total. The van der Waals surface area contributed by atoms with Crippen molar-refractivity contribution in [2.24, 2.45) is 0 Å². The Labute approximate surface area is 163 Å². The number of carbonyl (C=O) groups excluding carboxylic acids is 2. The zero-order chi connectivity index (χ0) is 20.6. The van der Waals surface area contributed by atoms with Crippen molar-refractivity contribution in [2.75, 3.05) is 0 Å². The van der Waals surface area contributed by atoms with Crippen LogP contribution in [0.15, 0.2) is 54.9 Å². The maximum Gasteiger partial charge on any atom is 0.268 e. The van der Waals surface area contributed by atoms with Crippen LogP contribution in [-0.4, -0.2) is 38.8 Å². The number of amides is 2. The van der Waals surface area contributed by atoms with Gasteiger partial charge in [0, 0.05) is 23.5 Å². The van der Waals surface area contributed by atoms with Gasteiger partial charge in [0.1, 0.15) is 6.04 Å². The molecule has 2 rings (SSSR count). The number of rotatable bonds is 5. The Balaban J connectivity index is 2.04. The third kappa shape index (κ3) is 6.06. The third-order valence-corrected chi connectivity index (χ3v) is 3.78. The van der Waals surface area contributed by atoms with E-state index in [1.165, 1.54) is 19.3 Å². The van der Waals surface area contributed by atoms with Gasteiger partial charge in [-0.3, -0.25) is 19.8 Å². The number of hydroxylamine groups is 1. The second kappa shape index (κ2) is 9.46. The summed E-state index contributed by atoms with van der Waals surface area (Å²) >= 11 is 0. The van der Waals surface area contributed by atoms with Gasteiger partial charge in [-0.15, -0.1) is 0 Å². The van der Waals surface area contributed by atoms with Crippen molar-refractivity contribution in [3.63, 3.8) is 0 Å². The molecule has 0 unspecified atom stereocenters.